The van der Waals surface area contributed by atoms with Gasteiger partial charge in [-0.15, -0.1) is 0 Å². The Bertz CT molecular complexity index is 584. The zero-order valence-corrected chi connectivity index (χ0v) is 11.8. The number of hydrogen-bond donors (Lipinski definition) is 2. The summed E-state index contributed by atoms with van der Waals surface area (Å²) in [5.74, 6) is -0.778. The van der Waals surface area contributed by atoms with Gasteiger partial charge in [-0.2, -0.15) is 0 Å². The molecule has 0 aliphatic carbocycles. The molecular formula is C16H18N2O3. The summed E-state index contributed by atoms with van der Waals surface area (Å²) in [6, 6.07) is 9.39. The van der Waals surface area contributed by atoms with Crippen LogP contribution >= 0.6 is 0 Å². The highest BCUT2D eigenvalue weighted by Gasteiger charge is 2.24. The number of aliphatic carboxylic acids is 1. The molecule has 0 aliphatic rings. The summed E-state index contributed by atoms with van der Waals surface area (Å²) in [5, 5.41) is 18.8. The number of aromatic hydroxyl groups is 1. The van der Waals surface area contributed by atoms with Crippen molar-refractivity contribution in [1.29, 1.82) is 0 Å². The molecule has 1 heterocycles. The topological polar surface area (TPSA) is 73.7 Å². The Labute approximate surface area is 123 Å². The van der Waals surface area contributed by atoms with Crippen LogP contribution in [-0.2, 0) is 11.2 Å². The van der Waals surface area contributed by atoms with Crippen molar-refractivity contribution < 1.29 is 15.0 Å². The Kier molecular flexibility index (Phi) is 4.90. The molecule has 0 bridgehead atoms. The van der Waals surface area contributed by atoms with Crippen LogP contribution in [0.25, 0.3) is 0 Å². The van der Waals surface area contributed by atoms with Gasteiger partial charge in [-0.25, -0.2) is 0 Å². The fourth-order valence-corrected chi connectivity index (χ4v) is 2.23. The SMILES string of the molecule is CN(CCc1ccncc1)C(C(=O)O)c1ccc(O)cc1. The number of aromatic nitrogens is 1. The fraction of sp³-hybridized carbons (Fsp3) is 0.250. The first-order valence-electron chi connectivity index (χ1n) is 6.69. The van der Waals surface area contributed by atoms with Crippen molar-refractivity contribution in [3.05, 3.63) is 59.9 Å². The number of phenols is 1. The molecule has 2 rings (SSSR count). The Morgan fingerprint density at radius 3 is 2.38 bits per heavy atom. The maximum Gasteiger partial charge on any atom is 0.325 e. The number of phenolic OH excluding ortho intramolecular Hbond substituents is 1. The van der Waals surface area contributed by atoms with Crippen molar-refractivity contribution in [2.75, 3.05) is 13.6 Å². The van der Waals surface area contributed by atoms with E-state index in [0.29, 0.717) is 12.1 Å². The predicted molar refractivity (Wildman–Crippen MR) is 79.1 cm³/mol. The average molecular weight is 286 g/mol. The lowest BCUT2D eigenvalue weighted by Gasteiger charge is -2.25. The van der Waals surface area contributed by atoms with E-state index in [0.717, 1.165) is 12.0 Å². The number of likely N-dealkylation sites (N-methyl/N-ethyl adjacent to an activating group) is 1. The molecule has 2 aromatic rings. The molecule has 0 saturated carbocycles. The Balaban J connectivity index is 2.07. The van der Waals surface area contributed by atoms with Gasteiger partial charge in [-0.1, -0.05) is 12.1 Å². The van der Waals surface area contributed by atoms with Crippen molar-refractivity contribution in [3.8, 4) is 5.75 Å². The Morgan fingerprint density at radius 2 is 1.81 bits per heavy atom. The standard InChI is InChI=1S/C16H18N2O3/c1-18(11-8-12-6-9-17-10-7-12)15(16(20)21)13-2-4-14(19)5-3-13/h2-7,9-10,15,19H,8,11H2,1H3,(H,20,21). The van der Waals surface area contributed by atoms with Gasteiger partial charge in [0.1, 0.15) is 11.8 Å². The number of rotatable bonds is 6. The second-order valence-corrected chi connectivity index (χ2v) is 4.92. The second-order valence-electron chi connectivity index (χ2n) is 4.92. The summed E-state index contributed by atoms with van der Waals surface area (Å²) in [5.41, 5.74) is 1.77. The van der Waals surface area contributed by atoms with E-state index < -0.39 is 12.0 Å². The lowest BCUT2D eigenvalue weighted by Crippen LogP contribution is -2.32. The van der Waals surface area contributed by atoms with Crippen molar-refractivity contribution in [2.24, 2.45) is 0 Å². The van der Waals surface area contributed by atoms with Gasteiger partial charge >= 0.3 is 5.97 Å². The largest absolute Gasteiger partial charge is 0.508 e. The van der Waals surface area contributed by atoms with Crippen LogP contribution < -0.4 is 0 Å². The normalized spacial score (nSPS) is 12.3. The van der Waals surface area contributed by atoms with E-state index >= 15 is 0 Å². The first kappa shape index (κ1) is 15.0. The number of carboxylic acid groups (broad SMARTS) is 1. The molecule has 0 amide bonds. The molecule has 21 heavy (non-hydrogen) atoms. The third-order valence-electron chi connectivity index (χ3n) is 3.39. The van der Waals surface area contributed by atoms with Gasteiger partial charge in [-0.3, -0.25) is 14.7 Å². The van der Waals surface area contributed by atoms with Crippen molar-refractivity contribution in [3.63, 3.8) is 0 Å². The van der Waals surface area contributed by atoms with Crippen LogP contribution in [0.15, 0.2) is 48.8 Å². The predicted octanol–water partition coefficient (Wildman–Crippen LogP) is 2.09. The molecule has 2 N–H and O–H groups in total. The summed E-state index contributed by atoms with van der Waals surface area (Å²) in [4.78, 5) is 17.3. The first-order valence-corrected chi connectivity index (χ1v) is 6.69. The molecular weight excluding hydrogens is 268 g/mol. The zero-order chi connectivity index (χ0) is 15.2. The minimum atomic E-state index is -0.905. The number of carboxylic acids is 1. The van der Waals surface area contributed by atoms with Crippen molar-refractivity contribution >= 4 is 5.97 Å². The van der Waals surface area contributed by atoms with Crippen LogP contribution in [0.3, 0.4) is 0 Å². The van der Waals surface area contributed by atoms with Crippen LogP contribution in [0.2, 0.25) is 0 Å². The first-order chi connectivity index (χ1) is 10.1. The van der Waals surface area contributed by atoms with Gasteiger partial charge in [-0.05, 0) is 48.9 Å². The van der Waals surface area contributed by atoms with Gasteiger partial charge in [0.2, 0.25) is 0 Å². The molecule has 5 heteroatoms. The highest BCUT2D eigenvalue weighted by Crippen LogP contribution is 2.22. The zero-order valence-electron chi connectivity index (χ0n) is 11.8. The second kappa shape index (κ2) is 6.85. The average Bonchev–Trinajstić information content (AvgIpc) is 2.48. The summed E-state index contributed by atoms with van der Waals surface area (Å²) in [6.45, 7) is 0.613. The number of pyridine rings is 1. The summed E-state index contributed by atoms with van der Waals surface area (Å²) >= 11 is 0. The lowest BCUT2D eigenvalue weighted by molar-refractivity contribution is -0.143. The summed E-state index contributed by atoms with van der Waals surface area (Å²) in [7, 11) is 1.78. The van der Waals surface area contributed by atoms with Crippen LogP contribution in [0.5, 0.6) is 5.75 Å². The number of nitrogens with zero attached hydrogens (tertiary/aromatic N) is 2. The smallest absolute Gasteiger partial charge is 0.325 e. The summed E-state index contributed by atoms with van der Waals surface area (Å²) in [6.07, 6.45) is 4.20. The Hall–Kier alpha value is -2.40. The van der Waals surface area contributed by atoms with E-state index in [1.165, 1.54) is 12.1 Å². The van der Waals surface area contributed by atoms with Crippen LogP contribution in [0.1, 0.15) is 17.2 Å². The van der Waals surface area contributed by atoms with E-state index in [4.69, 9.17) is 0 Å². The number of hydrogen-bond acceptors (Lipinski definition) is 4. The monoisotopic (exact) mass is 286 g/mol. The third-order valence-corrected chi connectivity index (χ3v) is 3.39. The minimum absolute atomic E-state index is 0.127. The quantitative estimate of drug-likeness (QED) is 0.850. The van der Waals surface area contributed by atoms with Gasteiger partial charge < -0.3 is 10.2 Å². The molecule has 0 saturated heterocycles. The van der Waals surface area contributed by atoms with Crippen molar-refractivity contribution in [1.82, 2.24) is 9.88 Å². The van der Waals surface area contributed by atoms with E-state index in [1.807, 2.05) is 12.1 Å². The number of benzene rings is 1. The van der Waals surface area contributed by atoms with Gasteiger partial charge in [0.25, 0.3) is 0 Å². The van der Waals surface area contributed by atoms with Crippen molar-refractivity contribution in [2.45, 2.75) is 12.5 Å². The Morgan fingerprint density at radius 1 is 1.19 bits per heavy atom. The highest BCUT2D eigenvalue weighted by atomic mass is 16.4. The molecule has 1 aromatic carbocycles. The molecule has 1 aromatic heterocycles. The van der Waals surface area contributed by atoms with Gasteiger partial charge in [0.05, 0.1) is 0 Å². The molecule has 0 spiro atoms. The lowest BCUT2D eigenvalue weighted by atomic mass is 10.0. The van der Waals surface area contributed by atoms with E-state index in [2.05, 4.69) is 4.98 Å². The number of carbonyl (C=O) groups is 1. The van der Waals surface area contributed by atoms with E-state index in [1.54, 1.807) is 36.5 Å². The minimum Gasteiger partial charge on any atom is -0.508 e. The molecule has 0 aliphatic heterocycles. The maximum atomic E-state index is 11.5. The molecule has 110 valence electrons. The third kappa shape index (κ3) is 4.03. The van der Waals surface area contributed by atoms with Gasteiger partial charge in [0.15, 0.2) is 0 Å². The molecule has 1 atom stereocenters. The molecule has 0 fully saturated rings. The molecule has 0 radical (unpaired) electrons. The summed E-state index contributed by atoms with van der Waals surface area (Å²) < 4.78 is 0. The molecule has 5 nitrogen and oxygen atoms in total. The van der Waals surface area contributed by atoms with Crippen LogP contribution in [0.4, 0.5) is 0 Å². The van der Waals surface area contributed by atoms with E-state index in [-0.39, 0.29) is 5.75 Å². The fourth-order valence-electron chi connectivity index (χ4n) is 2.23. The van der Waals surface area contributed by atoms with E-state index in [9.17, 15) is 15.0 Å². The van der Waals surface area contributed by atoms with Gasteiger partial charge in [0, 0.05) is 18.9 Å². The van der Waals surface area contributed by atoms with Crippen LogP contribution in [-0.4, -0.2) is 39.7 Å². The van der Waals surface area contributed by atoms with Crippen LogP contribution in [0, 0.1) is 0 Å². The highest BCUT2D eigenvalue weighted by molar-refractivity contribution is 5.75. The molecule has 1 unspecified atom stereocenters. The maximum absolute atomic E-state index is 11.5.